The Morgan fingerprint density at radius 1 is 1.53 bits per heavy atom. The second-order valence-electron chi connectivity index (χ2n) is 3.99. The second kappa shape index (κ2) is 4.92. The first-order valence-electron chi connectivity index (χ1n) is 5.04. The molecular weight excluding hydrogens is 224 g/mol. The summed E-state index contributed by atoms with van der Waals surface area (Å²) in [4.78, 5) is 21.2. The average Bonchev–Trinajstić information content (AvgIpc) is 2.26. The van der Waals surface area contributed by atoms with Crippen molar-refractivity contribution >= 4 is 5.91 Å². The number of amides is 1. The molecule has 0 bridgehead atoms. The van der Waals surface area contributed by atoms with Gasteiger partial charge in [-0.3, -0.25) is 14.9 Å². The van der Waals surface area contributed by atoms with Gasteiger partial charge in [0.2, 0.25) is 12.5 Å². The highest BCUT2D eigenvalue weighted by molar-refractivity contribution is 5.84. The number of hydrogen-bond donors (Lipinski definition) is 2. The fraction of sp³-hybridized carbons (Fsp3) is 0.364. The molecule has 1 amide bonds. The quantitative estimate of drug-likeness (QED) is 0.567. The van der Waals surface area contributed by atoms with E-state index in [1.54, 1.807) is 30.3 Å². The fourth-order valence-electron chi connectivity index (χ4n) is 1.61. The number of primary amides is 1. The van der Waals surface area contributed by atoms with Gasteiger partial charge in [0.05, 0.1) is 5.92 Å². The standard InChI is InChI=1S/C11H14N2O4/c1-11(15,10(12)14)9(7-13(16)17)8-5-3-2-4-6-8/h2-6,9,15H,7H2,1H3,(H2,12,14)/t9-,11+/m1/s1. The lowest BCUT2D eigenvalue weighted by Crippen LogP contribution is -2.48. The highest BCUT2D eigenvalue weighted by Crippen LogP contribution is 2.28. The van der Waals surface area contributed by atoms with Gasteiger partial charge in [-0.05, 0) is 12.5 Å². The van der Waals surface area contributed by atoms with Crippen LogP contribution in [0.1, 0.15) is 18.4 Å². The normalized spacial score (nSPS) is 15.9. The zero-order valence-electron chi connectivity index (χ0n) is 9.37. The summed E-state index contributed by atoms with van der Waals surface area (Å²) >= 11 is 0. The highest BCUT2D eigenvalue weighted by atomic mass is 16.6. The van der Waals surface area contributed by atoms with E-state index in [2.05, 4.69) is 0 Å². The molecule has 0 heterocycles. The van der Waals surface area contributed by atoms with Crippen LogP contribution in [0, 0.1) is 10.1 Å². The molecule has 0 aliphatic rings. The first-order chi connectivity index (χ1) is 7.85. The van der Waals surface area contributed by atoms with Gasteiger partial charge in [-0.1, -0.05) is 30.3 Å². The van der Waals surface area contributed by atoms with Crippen LogP contribution in [-0.2, 0) is 4.79 Å². The monoisotopic (exact) mass is 238 g/mol. The summed E-state index contributed by atoms with van der Waals surface area (Å²) in [5, 5.41) is 20.6. The van der Waals surface area contributed by atoms with Crippen LogP contribution in [0.5, 0.6) is 0 Å². The van der Waals surface area contributed by atoms with Gasteiger partial charge in [-0.2, -0.15) is 0 Å². The number of aliphatic hydroxyl groups is 1. The molecule has 0 aliphatic heterocycles. The molecule has 2 atom stereocenters. The topological polar surface area (TPSA) is 106 Å². The third kappa shape index (κ3) is 3.01. The zero-order chi connectivity index (χ0) is 13.1. The maximum absolute atomic E-state index is 11.2. The predicted octanol–water partition coefficient (Wildman–Crippen LogP) is 0.283. The maximum atomic E-state index is 11.2. The Morgan fingerprint density at radius 3 is 2.47 bits per heavy atom. The van der Waals surface area contributed by atoms with Crippen LogP contribution in [0.4, 0.5) is 0 Å². The van der Waals surface area contributed by atoms with Gasteiger partial charge in [0.25, 0.3) is 0 Å². The summed E-state index contributed by atoms with van der Waals surface area (Å²) in [6.45, 7) is 0.635. The van der Waals surface area contributed by atoms with Crippen LogP contribution in [-0.4, -0.2) is 28.1 Å². The number of benzene rings is 1. The Morgan fingerprint density at radius 2 is 2.06 bits per heavy atom. The van der Waals surface area contributed by atoms with Crippen LogP contribution >= 0.6 is 0 Å². The van der Waals surface area contributed by atoms with Crippen molar-refractivity contribution in [2.24, 2.45) is 5.73 Å². The van der Waals surface area contributed by atoms with Crippen LogP contribution in [0.25, 0.3) is 0 Å². The molecule has 17 heavy (non-hydrogen) atoms. The van der Waals surface area contributed by atoms with E-state index >= 15 is 0 Å². The average molecular weight is 238 g/mol. The largest absolute Gasteiger partial charge is 0.379 e. The summed E-state index contributed by atoms with van der Waals surface area (Å²) in [5.74, 6) is -1.94. The number of nitrogens with zero attached hydrogens (tertiary/aromatic N) is 1. The summed E-state index contributed by atoms with van der Waals surface area (Å²) in [6, 6.07) is 8.33. The van der Waals surface area contributed by atoms with E-state index in [0.717, 1.165) is 0 Å². The number of rotatable bonds is 5. The van der Waals surface area contributed by atoms with E-state index in [1.165, 1.54) is 6.92 Å². The molecule has 0 aromatic heterocycles. The summed E-state index contributed by atoms with van der Waals surface area (Å²) < 4.78 is 0. The van der Waals surface area contributed by atoms with Gasteiger partial charge in [0, 0.05) is 4.92 Å². The lowest BCUT2D eigenvalue weighted by molar-refractivity contribution is -0.486. The molecule has 0 saturated carbocycles. The zero-order valence-corrected chi connectivity index (χ0v) is 9.37. The van der Waals surface area contributed by atoms with Gasteiger partial charge >= 0.3 is 0 Å². The number of carbonyl (C=O) groups is 1. The SMILES string of the molecule is C[C@@](O)(C(N)=O)[C@H](C[N+](=O)[O-])c1ccccc1. The van der Waals surface area contributed by atoms with Crippen LogP contribution < -0.4 is 5.73 Å². The molecule has 1 aromatic rings. The molecule has 1 rings (SSSR count). The van der Waals surface area contributed by atoms with Crippen molar-refractivity contribution in [1.29, 1.82) is 0 Å². The molecular formula is C11H14N2O4. The van der Waals surface area contributed by atoms with E-state index in [0.29, 0.717) is 5.56 Å². The van der Waals surface area contributed by atoms with Gasteiger partial charge in [-0.25, -0.2) is 0 Å². The van der Waals surface area contributed by atoms with Crippen LogP contribution in [0.3, 0.4) is 0 Å². The highest BCUT2D eigenvalue weighted by Gasteiger charge is 2.41. The lowest BCUT2D eigenvalue weighted by atomic mass is 9.83. The van der Waals surface area contributed by atoms with Crippen molar-refractivity contribution in [2.75, 3.05) is 6.54 Å². The Labute approximate surface area is 98.2 Å². The molecule has 0 saturated heterocycles. The van der Waals surface area contributed by atoms with Gasteiger partial charge in [0.1, 0.15) is 0 Å². The molecule has 92 valence electrons. The molecule has 0 aliphatic carbocycles. The lowest BCUT2D eigenvalue weighted by Gasteiger charge is -2.27. The third-order valence-electron chi connectivity index (χ3n) is 2.71. The van der Waals surface area contributed by atoms with Gasteiger partial charge < -0.3 is 10.8 Å². The Kier molecular flexibility index (Phi) is 3.80. The first kappa shape index (κ1) is 13.1. The van der Waals surface area contributed by atoms with Crippen LogP contribution in [0.2, 0.25) is 0 Å². The summed E-state index contributed by atoms with van der Waals surface area (Å²) in [6.07, 6.45) is 0. The van der Waals surface area contributed by atoms with Crippen LogP contribution in [0.15, 0.2) is 30.3 Å². The molecule has 6 heteroatoms. The molecule has 0 radical (unpaired) electrons. The predicted molar refractivity (Wildman–Crippen MR) is 60.9 cm³/mol. The molecule has 0 unspecified atom stereocenters. The molecule has 0 spiro atoms. The smallest absolute Gasteiger partial charge is 0.250 e. The Bertz CT molecular complexity index is 417. The number of carbonyl (C=O) groups excluding carboxylic acids is 1. The maximum Gasteiger partial charge on any atom is 0.250 e. The minimum absolute atomic E-state index is 0.507. The molecule has 3 N–H and O–H groups in total. The summed E-state index contributed by atoms with van der Waals surface area (Å²) in [5.41, 5.74) is 3.63. The minimum atomic E-state index is -1.95. The first-order valence-corrected chi connectivity index (χ1v) is 5.04. The van der Waals surface area contributed by atoms with Crippen molar-refractivity contribution in [2.45, 2.75) is 18.4 Å². The number of nitro groups is 1. The van der Waals surface area contributed by atoms with E-state index in [-0.39, 0.29) is 0 Å². The van der Waals surface area contributed by atoms with E-state index in [4.69, 9.17) is 5.73 Å². The van der Waals surface area contributed by atoms with E-state index < -0.39 is 28.9 Å². The summed E-state index contributed by atoms with van der Waals surface area (Å²) in [7, 11) is 0. The molecule has 0 fully saturated rings. The van der Waals surface area contributed by atoms with Gasteiger partial charge in [0.15, 0.2) is 5.60 Å². The van der Waals surface area contributed by atoms with E-state index in [1.807, 2.05) is 0 Å². The molecule has 1 aromatic carbocycles. The Balaban J connectivity index is 3.13. The third-order valence-corrected chi connectivity index (χ3v) is 2.71. The Hall–Kier alpha value is -1.95. The minimum Gasteiger partial charge on any atom is -0.379 e. The second-order valence-corrected chi connectivity index (χ2v) is 3.99. The van der Waals surface area contributed by atoms with Crippen molar-refractivity contribution in [1.82, 2.24) is 0 Å². The van der Waals surface area contributed by atoms with Crippen molar-refractivity contribution in [3.63, 3.8) is 0 Å². The fourth-order valence-corrected chi connectivity index (χ4v) is 1.61. The molecule has 6 nitrogen and oxygen atoms in total. The van der Waals surface area contributed by atoms with Crippen molar-refractivity contribution in [3.8, 4) is 0 Å². The van der Waals surface area contributed by atoms with Crippen molar-refractivity contribution < 1.29 is 14.8 Å². The van der Waals surface area contributed by atoms with E-state index in [9.17, 15) is 20.0 Å². The number of nitrogens with two attached hydrogens (primary N) is 1. The van der Waals surface area contributed by atoms with Crippen molar-refractivity contribution in [3.05, 3.63) is 46.0 Å². The number of hydrogen-bond acceptors (Lipinski definition) is 4. The van der Waals surface area contributed by atoms with Gasteiger partial charge in [-0.15, -0.1) is 0 Å².